The smallest absolute Gasteiger partial charge is 0.414 e. The van der Waals surface area contributed by atoms with Gasteiger partial charge in [-0.3, -0.25) is 4.79 Å². The molecule has 0 aromatic carbocycles. The Balaban J connectivity index is 0.000000656. The van der Waals surface area contributed by atoms with Gasteiger partial charge in [-0.15, -0.1) is 23.1 Å². The predicted molar refractivity (Wildman–Crippen MR) is 123 cm³/mol. The van der Waals surface area contributed by atoms with Gasteiger partial charge in [-0.2, -0.15) is 11.8 Å². The Bertz CT molecular complexity index is 801. The Labute approximate surface area is 188 Å². The molecule has 2 aromatic rings. The lowest BCUT2D eigenvalue weighted by Crippen LogP contribution is -2.13. The molecule has 2 rings (SSSR count). The van der Waals surface area contributed by atoms with Gasteiger partial charge in [0.1, 0.15) is 5.03 Å². The van der Waals surface area contributed by atoms with Crippen molar-refractivity contribution >= 4 is 52.6 Å². The highest BCUT2D eigenvalue weighted by Gasteiger charge is 2.17. The molecule has 1 unspecified atom stereocenters. The van der Waals surface area contributed by atoms with Crippen LogP contribution in [0.1, 0.15) is 28.6 Å². The van der Waals surface area contributed by atoms with E-state index in [1.165, 1.54) is 23.5 Å². The van der Waals surface area contributed by atoms with Crippen LogP contribution in [0.5, 0.6) is 0 Å². The van der Waals surface area contributed by atoms with Gasteiger partial charge in [0.2, 0.25) is 5.78 Å². The third kappa shape index (κ3) is 10.2. The maximum Gasteiger partial charge on any atom is 0.414 e. The van der Waals surface area contributed by atoms with Crippen molar-refractivity contribution in [3.05, 3.63) is 46.3 Å². The highest BCUT2D eigenvalue weighted by atomic mass is 32.2. The fraction of sp³-hybridized carbons (Fsp3) is 0.400. The van der Waals surface area contributed by atoms with Crippen molar-refractivity contribution in [1.82, 2.24) is 9.88 Å². The van der Waals surface area contributed by atoms with Crippen LogP contribution in [0.3, 0.4) is 0 Å². The van der Waals surface area contributed by atoms with E-state index in [4.69, 9.17) is 19.8 Å². The van der Waals surface area contributed by atoms with Crippen LogP contribution in [-0.2, 0) is 9.59 Å². The van der Waals surface area contributed by atoms with Gasteiger partial charge in [-0.1, -0.05) is 13.0 Å². The van der Waals surface area contributed by atoms with Crippen molar-refractivity contribution in [3.8, 4) is 0 Å². The number of carboxylic acid groups (broad SMARTS) is 2. The highest BCUT2D eigenvalue weighted by Crippen LogP contribution is 2.29. The van der Waals surface area contributed by atoms with Crippen molar-refractivity contribution in [1.29, 1.82) is 0 Å². The van der Waals surface area contributed by atoms with Gasteiger partial charge in [0.25, 0.3) is 0 Å². The zero-order valence-electron chi connectivity index (χ0n) is 17.1. The van der Waals surface area contributed by atoms with Crippen LogP contribution in [-0.4, -0.2) is 75.2 Å². The molecule has 0 aliphatic heterocycles. The first-order chi connectivity index (χ1) is 14.2. The highest BCUT2D eigenvalue weighted by molar-refractivity contribution is 8.03. The van der Waals surface area contributed by atoms with Gasteiger partial charge < -0.3 is 15.1 Å². The van der Waals surface area contributed by atoms with E-state index in [9.17, 15) is 4.79 Å². The standard InChI is InChI=1S/C18H24N2OS3.C2H2O4/c1-14(13-22-11-6-10-20(2)3)24-18-15(7-4-9-19-18)17(21)16-8-5-12-23-16;3-1(4)2(5)6/h4-5,7-9,12,14H,6,10-11,13H2,1-3H3;(H,3,4)(H,5,6). The number of aromatic nitrogens is 1. The van der Waals surface area contributed by atoms with Gasteiger partial charge >= 0.3 is 11.9 Å². The average molecular weight is 471 g/mol. The van der Waals surface area contributed by atoms with E-state index in [0.29, 0.717) is 5.25 Å². The molecule has 7 nitrogen and oxygen atoms in total. The lowest BCUT2D eigenvalue weighted by atomic mass is 10.1. The molecule has 0 radical (unpaired) electrons. The number of rotatable bonds is 10. The number of carbonyl (C=O) groups is 3. The van der Waals surface area contributed by atoms with E-state index in [1.54, 1.807) is 18.0 Å². The molecule has 0 saturated carbocycles. The Hall–Kier alpha value is -1.88. The van der Waals surface area contributed by atoms with E-state index in [-0.39, 0.29) is 5.78 Å². The molecule has 164 valence electrons. The molecule has 1 atom stereocenters. The molecule has 0 aliphatic carbocycles. The van der Waals surface area contributed by atoms with Crippen molar-refractivity contribution < 1.29 is 24.6 Å². The number of thiophene rings is 1. The fourth-order valence-corrected chi connectivity index (χ4v) is 5.02. The topological polar surface area (TPSA) is 108 Å². The summed E-state index contributed by atoms with van der Waals surface area (Å²) in [6.07, 6.45) is 2.98. The predicted octanol–water partition coefficient (Wildman–Crippen LogP) is 3.70. The number of carbonyl (C=O) groups excluding carboxylic acids is 1. The van der Waals surface area contributed by atoms with Crippen molar-refractivity contribution in [2.24, 2.45) is 0 Å². The number of thioether (sulfide) groups is 2. The van der Waals surface area contributed by atoms with E-state index in [1.807, 2.05) is 41.4 Å². The molecule has 0 bridgehead atoms. The Kier molecular flexibility index (Phi) is 12.4. The molecular weight excluding hydrogens is 444 g/mol. The van der Waals surface area contributed by atoms with Gasteiger partial charge in [-0.25, -0.2) is 14.6 Å². The Morgan fingerprint density at radius 1 is 1.17 bits per heavy atom. The molecule has 10 heteroatoms. The minimum Gasteiger partial charge on any atom is -0.473 e. The van der Waals surface area contributed by atoms with Crippen molar-refractivity contribution in [2.45, 2.75) is 23.6 Å². The van der Waals surface area contributed by atoms with Gasteiger partial charge in [0.15, 0.2) is 0 Å². The van der Waals surface area contributed by atoms with Gasteiger partial charge in [-0.05, 0) is 56.4 Å². The first-order valence-corrected chi connectivity index (χ1v) is 12.0. The summed E-state index contributed by atoms with van der Waals surface area (Å²) in [6, 6.07) is 7.51. The number of ketones is 1. The summed E-state index contributed by atoms with van der Waals surface area (Å²) < 4.78 is 0. The van der Waals surface area contributed by atoms with Crippen LogP contribution in [0.2, 0.25) is 0 Å². The summed E-state index contributed by atoms with van der Waals surface area (Å²) in [7, 11) is 4.21. The van der Waals surface area contributed by atoms with Crippen LogP contribution >= 0.6 is 34.9 Å². The third-order valence-corrected chi connectivity index (χ3v) is 7.01. The molecule has 0 saturated heterocycles. The Morgan fingerprint density at radius 3 is 2.43 bits per heavy atom. The SMILES string of the molecule is CC(CSCCCN(C)C)Sc1ncccc1C(=O)c1cccs1.O=C(O)C(=O)O. The molecule has 2 heterocycles. The number of hydrogen-bond donors (Lipinski definition) is 2. The second-order valence-corrected chi connectivity index (χ2v) is 9.96. The first-order valence-electron chi connectivity index (χ1n) is 9.11. The molecule has 2 N–H and O–H groups in total. The molecule has 0 spiro atoms. The van der Waals surface area contributed by atoms with E-state index in [2.05, 4.69) is 30.9 Å². The third-order valence-electron chi connectivity index (χ3n) is 3.50. The van der Waals surface area contributed by atoms with Crippen LogP contribution in [0.4, 0.5) is 0 Å². The summed E-state index contributed by atoms with van der Waals surface area (Å²) in [5.74, 6) is -1.33. The quantitative estimate of drug-likeness (QED) is 0.232. The maximum atomic E-state index is 12.6. The first kappa shape index (κ1) is 26.2. The fourth-order valence-electron chi connectivity index (χ4n) is 2.15. The summed E-state index contributed by atoms with van der Waals surface area (Å²) >= 11 is 5.16. The second kappa shape index (κ2) is 14.2. The van der Waals surface area contributed by atoms with Gasteiger partial charge in [0.05, 0.1) is 10.4 Å². The molecule has 0 aliphatic rings. The number of aliphatic carboxylic acids is 2. The maximum absolute atomic E-state index is 12.6. The number of pyridine rings is 1. The van der Waals surface area contributed by atoms with Crippen LogP contribution in [0.15, 0.2) is 40.9 Å². The van der Waals surface area contributed by atoms with E-state index < -0.39 is 11.9 Å². The van der Waals surface area contributed by atoms with Gasteiger partial charge in [0, 0.05) is 17.2 Å². The lowest BCUT2D eigenvalue weighted by molar-refractivity contribution is -0.159. The second-order valence-electron chi connectivity index (χ2n) is 6.43. The average Bonchev–Trinajstić information content (AvgIpc) is 3.22. The molecule has 0 fully saturated rings. The largest absolute Gasteiger partial charge is 0.473 e. The minimum absolute atomic E-state index is 0.0754. The molecular formula is C20H26N2O5S3. The van der Waals surface area contributed by atoms with Crippen LogP contribution in [0.25, 0.3) is 0 Å². The van der Waals surface area contributed by atoms with E-state index >= 15 is 0 Å². The zero-order valence-corrected chi connectivity index (χ0v) is 19.6. The Morgan fingerprint density at radius 2 is 1.87 bits per heavy atom. The van der Waals surface area contributed by atoms with E-state index in [0.717, 1.165) is 27.8 Å². The molecule has 30 heavy (non-hydrogen) atoms. The minimum atomic E-state index is -1.82. The molecule has 2 aromatic heterocycles. The summed E-state index contributed by atoms with van der Waals surface area (Å²) in [6.45, 7) is 3.34. The monoisotopic (exact) mass is 470 g/mol. The van der Waals surface area contributed by atoms with Crippen LogP contribution in [0, 0.1) is 0 Å². The summed E-state index contributed by atoms with van der Waals surface area (Å²) in [5, 5.41) is 18.0. The normalized spacial score (nSPS) is 11.5. The number of carboxylic acids is 2. The zero-order chi connectivity index (χ0) is 22.5. The summed E-state index contributed by atoms with van der Waals surface area (Å²) in [4.78, 5) is 38.3. The van der Waals surface area contributed by atoms with Crippen molar-refractivity contribution in [2.75, 3.05) is 32.1 Å². The summed E-state index contributed by atoms with van der Waals surface area (Å²) in [5.41, 5.74) is 0.717. The lowest BCUT2D eigenvalue weighted by Gasteiger charge is -2.13. The number of nitrogens with zero attached hydrogens (tertiary/aromatic N) is 2. The molecule has 0 amide bonds. The van der Waals surface area contributed by atoms with Crippen LogP contribution < -0.4 is 0 Å². The number of hydrogen-bond acceptors (Lipinski definition) is 8. The van der Waals surface area contributed by atoms with Crippen molar-refractivity contribution in [3.63, 3.8) is 0 Å².